The number of primary amides is 1. The molecule has 2 aromatic rings. The highest BCUT2D eigenvalue weighted by Gasteiger charge is 2.11. The molecular formula is C13H16N4O2S. The Kier molecular flexibility index (Phi) is 4.52. The van der Waals surface area contributed by atoms with Gasteiger partial charge in [-0.05, 0) is 31.5 Å². The first kappa shape index (κ1) is 14.3. The van der Waals surface area contributed by atoms with Gasteiger partial charge in [-0.3, -0.25) is 14.7 Å². The maximum atomic E-state index is 11.8. The van der Waals surface area contributed by atoms with Crippen molar-refractivity contribution >= 4 is 23.2 Å². The Balaban J connectivity index is 1.91. The van der Waals surface area contributed by atoms with Crippen LogP contribution in [0.5, 0.6) is 0 Å². The van der Waals surface area contributed by atoms with E-state index in [-0.39, 0.29) is 18.2 Å². The number of H-pyrrole nitrogens is 1. The molecule has 2 amide bonds. The van der Waals surface area contributed by atoms with Gasteiger partial charge in [-0.25, -0.2) is 0 Å². The molecule has 0 saturated heterocycles. The molecule has 2 heterocycles. The fraction of sp³-hybridized carbons (Fsp3) is 0.308. The lowest BCUT2D eigenvalue weighted by Crippen LogP contribution is -2.25. The molecule has 6 nitrogen and oxygen atoms in total. The van der Waals surface area contributed by atoms with E-state index in [1.54, 1.807) is 17.4 Å². The number of aryl methyl sites for hydroxylation is 1. The Morgan fingerprint density at radius 1 is 1.45 bits per heavy atom. The van der Waals surface area contributed by atoms with E-state index in [2.05, 4.69) is 15.5 Å². The van der Waals surface area contributed by atoms with Crippen LogP contribution in [0.15, 0.2) is 18.2 Å². The van der Waals surface area contributed by atoms with E-state index in [4.69, 9.17) is 5.73 Å². The zero-order valence-corrected chi connectivity index (χ0v) is 11.9. The van der Waals surface area contributed by atoms with Crippen LogP contribution >= 0.6 is 11.3 Å². The number of amides is 2. The third-order valence-corrected chi connectivity index (χ3v) is 3.74. The van der Waals surface area contributed by atoms with Crippen LogP contribution in [-0.4, -0.2) is 28.6 Å². The fourth-order valence-corrected chi connectivity index (χ4v) is 2.53. The number of thiophene rings is 1. The summed E-state index contributed by atoms with van der Waals surface area (Å²) in [5.41, 5.74) is 6.18. The van der Waals surface area contributed by atoms with Crippen molar-refractivity contribution in [3.63, 3.8) is 0 Å². The summed E-state index contributed by atoms with van der Waals surface area (Å²) in [6.45, 7) is 2.43. The first-order valence-corrected chi connectivity index (χ1v) is 7.06. The zero-order valence-electron chi connectivity index (χ0n) is 11.1. The molecule has 0 fully saturated rings. The number of aromatic nitrogens is 2. The van der Waals surface area contributed by atoms with Gasteiger partial charge in [0.2, 0.25) is 5.91 Å². The summed E-state index contributed by atoms with van der Waals surface area (Å²) in [7, 11) is 0. The van der Waals surface area contributed by atoms with Crippen LogP contribution in [0.1, 0.15) is 28.2 Å². The Labute approximate surface area is 120 Å². The molecule has 20 heavy (non-hydrogen) atoms. The molecule has 0 spiro atoms. The molecule has 0 aliphatic heterocycles. The predicted molar refractivity (Wildman–Crippen MR) is 77.4 cm³/mol. The van der Waals surface area contributed by atoms with Gasteiger partial charge in [-0.1, -0.05) is 0 Å². The van der Waals surface area contributed by atoms with Crippen molar-refractivity contribution in [1.82, 2.24) is 15.5 Å². The summed E-state index contributed by atoms with van der Waals surface area (Å²) in [6, 6.07) is 5.72. The lowest BCUT2D eigenvalue weighted by atomic mass is 10.3. The lowest BCUT2D eigenvalue weighted by molar-refractivity contribution is -0.118. The lowest BCUT2D eigenvalue weighted by Gasteiger charge is -2.00. The van der Waals surface area contributed by atoms with Crippen molar-refractivity contribution in [2.24, 2.45) is 5.73 Å². The maximum absolute atomic E-state index is 11.8. The van der Waals surface area contributed by atoms with E-state index in [1.165, 1.54) is 4.88 Å². The van der Waals surface area contributed by atoms with Gasteiger partial charge in [0, 0.05) is 17.8 Å². The number of carbonyl (C=O) groups is 2. The number of carbonyl (C=O) groups excluding carboxylic acids is 2. The molecule has 0 radical (unpaired) electrons. The summed E-state index contributed by atoms with van der Waals surface area (Å²) in [4.78, 5) is 24.6. The van der Waals surface area contributed by atoms with Crippen molar-refractivity contribution in [2.45, 2.75) is 19.8 Å². The third-order valence-electron chi connectivity index (χ3n) is 2.70. The van der Waals surface area contributed by atoms with Crippen LogP contribution in [0.2, 0.25) is 0 Å². The molecule has 0 unspecified atom stereocenters. The number of aromatic amines is 1. The van der Waals surface area contributed by atoms with Crippen LogP contribution < -0.4 is 11.1 Å². The van der Waals surface area contributed by atoms with Crippen LogP contribution in [0.4, 0.5) is 0 Å². The monoisotopic (exact) mass is 292 g/mol. The van der Waals surface area contributed by atoms with Crippen LogP contribution in [0, 0.1) is 6.92 Å². The minimum atomic E-state index is -0.366. The zero-order chi connectivity index (χ0) is 14.5. The van der Waals surface area contributed by atoms with Crippen molar-refractivity contribution in [2.75, 3.05) is 6.54 Å². The highest BCUT2D eigenvalue weighted by atomic mass is 32.1. The van der Waals surface area contributed by atoms with Gasteiger partial charge < -0.3 is 11.1 Å². The number of hydrogen-bond acceptors (Lipinski definition) is 4. The number of hydrogen-bond donors (Lipinski definition) is 3. The number of nitrogens with zero attached hydrogens (tertiary/aromatic N) is 1. The predicted octanol–water partition coefficient (Wildman–Crippen LogP) is 1.44. The smallest absolute Gasteiger partial charge is 0.271 e. The van der Waals surface area contributed by atoms with E-state index in [9.17, 15) is 9.59 Å². The molecular weight excluding hydrogens is 276 g/mol. The minimum Gasteiger partial charge on any atom is -0.370 e. The molecule has 0 atom stereocenters. The highest BCUT2D eigenvalue weighted by molar-refractivity contribution is 7.15. The van der Waals surface area contributed by atoms with Gasteiger partial charge in [0.1, 0.15) is 0 Å². The SMILES string of the molecule is Cc1ccc(-c2cc(C(=O)NCCCC(N)=O)n[nH]2)s1. The van der Waals surface area contributed by atoms with Crippen molar-refractivity contribution < 1.29 is 9.59 Å². The van der Waals surface area contributed by atoms with E-state index >= 15 is 0 Å². The first-order chi connectivity index (χ1) is 9.56. The molecule has 0 saturated carbocycles. The number of nitrogens with one attached hydrogen (secondary N) is 2. The van der Waals surface area contributed by atoms with Crippen molar-refractivity contribution in [3.8, 4) is 10.6 Å². The van der Waals surface area contributed by atoms with Gasteiger partial charge in [0.25, 0.3) is 5.91 Å². The summed E-state index contributed by atoms with van der Waals surface area (Å²) >= 11 is 1.64. The van der Waals surface area contributed by atoms with Gasteiger partial charge in [-0.15, -0.1) is 11.3 Å². The topological polar surface area (TPSA) is 101 Å². The average Bonchev–Trinajstić information content (AvgIpc) is 3.02. The summed E-state index contributed by atoms with van der Waals surface area (Å²) in [5, 5.41) is 9.54. The van der Waals surface area contributed by atoms with Crippen LogP contribution in [0.25, 0.3) is 10.6 Å². The van der Waals surface area contributed by atoms with Gasteiger partial charge in [-0.2, -0.15) is 5.10 Å². The van der Waals surface area contributed by atoms with E-state index in [0.717, 1.165) is 10.6 Å². The fourth-order valence-electron chi connectivity index (χ4n) is 1.70. The van der Waals surface area contributed by atoms with Crippen molar-refractivity contribution in [1.29, 1.82) is 0 Å². The Bertz CT molecular complexity index is 617. The molecule has 2 aromatic heterocycles. The van der Waals surface area contributed by atoms with Gasteiger partial charge >= 0.3 is 0 Å². The maximum Gasteiger partial charge on any atom is 0.271 e. The molecule has 106 valence electrons. The second kappa shape index (κ2) is 6.33. The largest absolute Gasteiger partial charge is 0.370 e. The highest BCUT2D eigenvalue weighted by Crippen LogP contribution is 2.26. The van der Waals surface area contributed by atoms with E-state index in [1.807, 2.05) is 19.1 Å². The molecule has 7 heteroatoms. The second-order valence-corrected chi connectivity index (χ2v) is 5.69. The molecule has 2 rings (SSSR count). The number of rotatable bonds is 6. The third kappa shape index (κ3) is 3.67. The summed E-state index contributed by atoms with van der Waals surface area (Å²) < 4.78 is 0. The summed E-state index contributed by atoms with van der Waals surface area (Å²) in [6.07, 6.45) is 0.795. The molecule has 0 aromatic carbocycles. The average molecular weight is 292 g/mol. The van der Waals surface area contributed by atoms with E-state index < -0.39 is 0 Å². The first-order valence-electron chi connectivity index (χ1n) is 6.25. The quantitative estimate of drug-likeness (QED) is 0.702. The standard InChI is InChI=1S/C13H16N4O2S/c1-8-4-5-11(20-8)9-7-10(17-16-9)13(19)15-6-2-3-12(14)18/h4-5,7H,2-3,6H2,1H3,(H2,14,18)(H,15,19)(H,16,17). The Hall–Kier alpha value is -2.15. The van der Waals surface area contributed by atoms with Gasteiger partial charge in [0.05, 0.1) is 10.6 Å². The van der Waals surface area contributed by atoms with E-state index in [0.29, 0.717) is 18.7 Å². The molecule has 4 N–H and O–H groups in total. The summed E-state index contributed by atoms with van der Waals surface area (Å²) in [5.74, 6) is -0.625. The van der Waals surface area contributed by atoms with Crippen LogP contribution in [0.3, 0.4) is 0 Å². The van der Waals surface area contributed by atoms with Gasteiger partial charge in [0.15, 0.2) is 5.69 Å². The Morgan fingerprint density at radius 3 is 2.90 bits per heavy atom. The number of nitrogens with two attached hydrogens (primary N) is 1. The molecule has 0 bridgehead atoms. The molecule has 0 aliphatic carbocycles. The molecule has 0 aliphatic rings. The van der Waals surface area contributed by atoms with Crippen LogP contribution in [-0.2, 0) is 4.79 Å². The Morgan fingerprint density at radius 2 is 2.25 bits per heavy atom. The second-order valence-electron chi connectivity index (χ2n) is 4.40. The van der Waals surface area contributed by atoms with Crippen molar-refractivity contribution in [3.05, 3.63) is 28.8 Å². The minimum absolute atomic E-state index is 0.259. The normalized spacial score (nSPS) is 10.4.